The number of nitrogens with two attached hydrogens (primary N) is 1. The fraction of sp³-hybridized carbons (Fsp3) is 0.455. The highest BCUT2D eigenvalue weighted by atomic mass is 32.2. The van der Waals surface area contributed by atoms with E-state index in [4.69, 9.17) is 5.73 Å². The van der Waals surface area contributed by atoms with E-state index in [-0.39, 0.29) is 17.4 Å². The molecular weight excluding hydrogens is 308 g/mol. The largest absolute Gasteiger partial charge is 0.416 e. The fourth-order valence-electron chi connectivity index (χ4n) is 1.54. The molecule has 1 aromatic rings. The molecule has 0 bridgehead atoms. The zero-order valence-corrected chi connectivity index (χ0v) is 11.0. The van der Waals surface area contributed by atoms with Crippen molar-refractivity contribution in [1.29, 1.82) is 0 Å². The van der Waals surface area contributed by atoms with Crippen molar-refractivity contribution >= 4 is 10.8 Å². The Hall–Kier alpha value is -1.09. The van der Waals surface area contributed by atoms with E-state index < -0.39 is 40.3 Å². The van der Waals surface area contributed by atoms with Crippen molar-refractivity contribution in [2.24, 2.45) is 5.73 Å². The van der Waals surface area contributed by atoms with Gasteiger partial charge in [-0.2, -0.15) is 26.3 Å². The van der Waals surface area contributed by atoms with Crippen LogP contribution in [0.1, 0.15) is 22.7 Å². The first-order chi connectivity index (χ1) is 8.91. The fourth-order valence-corrected chi connectivity index (χ4v) is 2.24. The molecule has 0 aromatic heterocycles. The van der Waals surface area contributed by atoms with Crippen LogP contribution in [0.5, 0.6) is 0 Å². The van der Waals surface area contributed by atoms with Crippen LogP contribution in [-0.4, -0.2) is 16.2 Å². The highest BCUT2D eigenvalue weighted by molar-refractivity contribution is 7.84. The molecule has 0 amide bonds. The SMILES string of the molecule is CS(=O)CC(N)c1cc(C(F)(F)F)cc(C(F)(F)F)c1. The van der Waals surface area contributed by atoms with Crippen LogP contribution in [0.15, 0.2) is 18.2 Å². The van der Waals surface area contributed by atoms with Crippen LogP contribution < -0.4 is 5.73 Å². The molecule has 1 aromatic carbocycles. The van der Waals surface area contributed by atoms with Gasteiger partial charge in [0.05, 0.1) is 11.1 Å². The molecule has 0 fully saturated rings. The third-order valence-electron chi connectivity index (χ3n) is 2.45. The summed E-state index contributed by atoms with van der Waals surface area (Å²) in [6.45, 7) is 0. The van der Waals surface area contributed by atoms with Crippen molar-refractivity contribution in [1.82, 2.24) is 0 Å². The molecule has 0 radical (unpaired) electrons. The lowest BCUT2D eigenvalue weighted by Gasteiger charge is -2.17. The smallest absolute Gasteiger partial charge is 0.323 e. The number of hydrogen-bond donors (Lipinski definition) is 1. The molecule has 0 aliphatic carbocycles. The molecule has 0 saturated heterocycles. The molecule has 2 nitrogen and oxygen atoms in total. The second-order valence-corrected chi connectivity index (χ2v) is 5.67. The third kappa shape index (κ3) is 4.48. The van der Waals surface area contributed by atoms with Gasteiger partial charge in [-0.3, -0.25) is 4.21 Å². The highest BCUT2D eigenvalue weighted by Gasteiger charge is 2.37. The van der Waals surface area contributed by atoms with Crippen LogP contribution in [0.3, 0.4) is 0 Å². The van der Waals surface area contributed by atoms with Gasteiger partial charge in [-0.15, -0.1) is 0 Å². The van der Waals surface area contributed by atoms with Gasteiger partial charge >= 0.3 is 12.4 Å². The van der Waals surface area contributed by atoms with Gasteiger partial charge in [-0.25, -0.2) is 0 Å². The average Bonchev–Trinajstić information content (AvgIpc) is 2.25. The van der Waals surface area contributed by atoms with Crippen LogP contribution in [-0.2, 0) is 23.2 Å². The van der Waals surface area contributed by atoms with Gasteiger partial charge in [-0.05, 0) is 23.8 Å². The monoisotopic (exact) mass is 319 g/mol. The van der Waals surface area contributed by atoms with Gasteiger partial charge < -0.3 is 5.73 Å². The van der Waals surface area contributed by atoms with Gasteiger partial charge in [0.2, 0.25) is 0 Å². The Morgan fingerprint density at radius 2 is 1.45 bits per heavy atom. The van der Waals surface area contributed by atoms with Gasteiger partial charge in [-0.1, -0.05) is 0 Å². The van der Waals surface area contributed by atoms with Gasteiger partial charge in [0, 0.05) is 28.9 Å². The van der Waals surface area contributed by atoms with E-state index in [1.807, 2.05) is 0 Å². The predicted molar refractivity (Wildman–Crippen MR) is 62.3 cm³/mol. The van der Waals surface area contributed by atoms with Crippen LogP contribution in [0.4, 0.5) is 26.3 Å². The van der Waals surface area contributed by atoms with Crippen LogP contribution in [0, 0.1) is 0 Å². The van der Waals surface area contributed by atoms with E-state index in [1.165, 1.54) is 6.26 Å². The maximum Gasteiger partial charge on any atom is 0.416 e. The molecule has 2 unspecified atom stereocenters. The summed E-state index contributed by atoms with van der Waals surface area (Å²) in [6, 6.07) is -0.0391. The van der Waals surface area contributed by atoms with E-state index in [0.29, 0.717) is 12.1 Å². The standard InChI is InChI=1S/C11H11F6NOS/c1-20(19)5-9(18)6-2-7(10(12,13)14)4-8(3-6)11(15,16)17/h2-4,9H,5,18H2,1H3. The first kappa shape index (κ1) is 17.0. The Bertz CT molecular complexity index is 478. The quantitative estimate of drug-likeness (QED) is 0.870. The number of hydrogen-bond acceptors (Lipinski definition) is 2. The molecule has 1 rings (SSSR count). The van der Waals surface area contributed by atoms with Gasteiger partial charge in [0.15, 0.2) is 0 Å². The van der Waals surface area contributed by atoms with Crippen molar-refractivity contribution in [2.45, 2.75) is 18.4 Å². The molecule has 114 valence electrons. The first-order valence-corrected chi connectivity index (χ1v) is 6.99. The van der Waals surface area contributed by atoms with E-state index in [1.54, 1.807) is 0 Å². The average molecular weight is 319 g/mol. The normalized spacial score (nSPS) is 16.0. The van der Waals surface area contributed by atoms with E-state index in [0.717, 1.165) is 0 Å². The molecule has 0 aliphatic heterocycles. The maximum absolute atomic E-state index is 12.6. The van der Waals surface area contributed by atoms with Crippen molar-refractivity contribution in [3.05, 3.63) is 34.9 Å². The summed E-state index contributed by atoms with van der Waals surface area (Å²) in [5.41, 5.74) is 2.29. The Morgan fingerprint density at radius 1 is 1.05 bits per heavy atom. The Kier molecular flexibility index (Phi) is 4.86. The lowest BCUT2D eigenvalue weighted by Crippen LogP contribution is -2.20. The van der Waals surface area contributed by atoms with Gasteiger partial charge in [0.25, 0.3) is 0 Å². The molecule has 0 aliphatic rings. The van der Waals surface area contributed by atoms with Gasteiger partial charge in [0.1, 0.15) is 0 Å². The Balaban J connectivity index is 3.34. The summed E-state index contributed by atoms with van der Waals surface area (Å²) in [7, 11) is -1.44. The van der Waals surface area contributed by atoms with Crippen molar-refractivity contribution in [2.75, 3.05) is 12.0 Å². The minimum absolute atomic E-state index is 0.0269. The van der Waals surface area contributed by atoms with Crippen molar-refractivity contribution < 1.29 is 30.6 Å². The van der Waals surface area contributed by atoms with Crippen LogP contribution in [0.25, 0.3) is 0 Å². The molecule has 0 saturated carbocycles. The maximum atomic E-state index is 12.6. The molecule has 2 N–H and O–H groups in total. The predicted octanol–water partition coefficient (Wildman–Crippen LogP) is 3.10. The third-order valence-corrected chi connectivity index (χ3v) is 3.28. The summed E-state index contributed by atoms with van der Waals surface area (Å²) in [5.74, 6) is -0.224. The minimum Gasteiger partial charge on any atom is -0.323 e. The second kappa shape index (κ2) is 5.72. The zero-order chi connectivity index (χ0) is 15.7. The van der Waals surface area contributed by atoms with Crippen molar-refractivity contribution in [3.8, 4) is 0 Å². The molecule has 9 heteroatoms. The summed E-state index contributed by atoms with van der Waals surface area (Å²) < 4.78 is 86.5. The summed E-state index contributed by atoms with van der Waals surface area (Å²) in [6.07, 6.45) is -8.57. The summed E-state index contributed by atoms with van der Waals surface area (Å²) in [5, 5.41) is 0. The Morgan fingerprint density at radius 3 is 1.75 bits per heavy atom. The molecule has 0 heterocycles. The number of halogens is 6. The molecule has 2 atom stereocenters. The number of benzene rings is 1. The summed E-state index contributed by atoms with van der Waals surface area (Å²) in [4.78, 5) is 0. The lowest BCUT2D eigenvalue weighted by molar-refractivity contribution is -0.143. The minimum atomic E-state index is -4.92. The zero-order valence-electron chi connectivity index (χ0n) is 10.2. The van der Waals surface area contributed by atoms with Crippen LogP contribution >= 0.6 is 0 Å². The van der Waals surface area contributed by atoms with E-state index in [9.17, 15) is 30.6 Å². The summed E-state index contributed by atoms with van der Waals surface area (Å²) >= 11 is 0. The van der Waals surface area contributed by atoms with E-state index >= 15 is 0 Å². The molecular formula is C11H11F6NOS. The topological polar surface area (TPSA) is 43.1 Å². The number of rotatable bonds is 3. The van der Waals surface area contributed by atoms with Crippen LogP contribution in [0.2, 0.25) is 0 Å². The lowest BCUT2D eigenvalue weighted by atomic mass is 10.0. The Labute approximate surface area is 113 Å². The first-order valence-electron chi connectivity index (χ1n) is 5.26. The second-order valence-electron chi connectivity index (χ2n) is 4.19. The molecule has 0 spiro atoms. The highest BCUT2D eigenvalue weighted by Crippen LogP contribution is 2.37. The molecule has 20 heavy (non-hydrogen) atoms. The van der Waals surface area contributed by atoms with Crippen molar-refractivity contribution in [3.63, 3.8) is 0 Å². The number of alkyl halides is 6. The van der Waals surface area contributed by atoms with E-state index in [2.05, 4.69) is 0 Å².